The standard InChI is InChI=1S/C21H21ClN4O4/c1-29-17-11-16-12(10-15(17)19(23)27)2-5-18(25-16)30-14-6-8-21(22,9-7-14)26-20(28)24-13-3-4-13/h2,5-8,10-11,13H,3-4,9H2,1H3,(H2,23,27)(H2,24,26,28). The van der Waals surface area contributed by atoms with Crippen LogP contribution in [0, 0.1) is 0 Å². The summed E-state index contributed by atoms with van der Waals surface area (Å²) in [6.07, 6.45) is 7.53. The number of nitrogens with zero attached hydrogens (tertiary/aromatic N) is 1. The van der Waals surface area contributed by atoms with Crippen molar-refractivity contribution in [1.29, 1.82) is 0 Å². The second kappa shape index (κ2) is 7.87. The van der Waals surface area contributed by atoms with Gasteiger partial charge in [-0.1, -0.05) is 11.6 Å². The Labute approximate surface area is 178 Å². The lowest BCUT2D eigenvalue weighted by Gasteiger charge is -2.26. The first-order chi connectivity index (χ1) is 14.3. The maximum Gasteiger partial charge on any atom is 0.316 e. The number of pyridine rings is 1. The van der Waals surface area contributed by atoms with E-state index in [1.807, 2.05) is 0 Å². The monoisotopic (exact) mass is 428 g/mol. The van der Waals surface area contributed by atoms with Gasteiger partial charge in [0.15, 0.2) is 0 Å². The van der Waals surface area contributed by atoms with Gasteiger partial charge in [-0.2, -0.15) is 0 Å². The molecule has 1 aromatic heterocycles. The third-order valence-electron chi connectivity index (χ3n) is 4.82. The number of halogens is 1. The quantitative estimate of drug-likeness (QED) is 0.483. The topological polar surface area (TPSA) is 116 Å². The van der Waals surface area contributed by atoms with Gasteiger partial charge in [-0.3, -0.25) is 4.79 Å². The second-order valence-electron chi connectivity index (χ2n) is 7.24. The van der Waals surface area contributed by atoms with Crippen molar-refractivity contribution in [1.82, 2.24) is 15.6 Å². The highest BCUT2D eigenvalue weighted by Crippen LogP contribution is 2.29. The van der Waals surface area contributed by atoms with Crippen LogP contribution in [0.2, 0.25) is 0 Å². The number of rotatable bonds is 6. The van der Waals surface area contributed by atoms with E-state index in [4.69, 9.17) is 26.8 Å². The Morgan fingerprint density at radius 1 is 1.30 bits per heavy atom. The van der Waals surface area contributed by atoms with Crippen LogP contribution < -0.4 is 25.8 Å². The predicted octanol–water partition coefficient (Wildman–Crippen LogP) is 2.96. The van der Waals surface area contributed by atoms with Crippen molar-refractivity contribution < 1.29 is 19.1 Å². The lowest BCUT2D eigenvalue weighted by Crippen LogP contribution is -2.48. The third kappa shape index (κ3) is 4.49. The summed E-state index contributed by atoms with van der Waals surface area (Å²) in [6.45, 7) is 0. The predicted molar refractivity (Wildman–Crippen MR) is 113 cm³/mol. The van der Waals surface area contributed by atoms with E-state index in [-0.39, 0.29) is 17.6 Å². The van der Waals surface area contributed by atoms with Crippen LogP contribution in [0.25, 0.3) is 10.9 Å². The van der Waals surface area contributed by atoms with E-state index in [0.29, 0.717) is 29.3 Å². The third-order valence-corrected chi connectivity index (χ3v) is 5.19. The Balaban J connectivity index is 1.46. The second-order valence-corrected chi connectivity index (χ2v) is 7.91. The molecular formula is C21H21ClN4O4. The Morgan fingerprint density at radius 3 is 2.73 bits per heavy atom. The first kappa shape index (κ1) is 20.0. The minimum Gasteiger partial charge on any atom is -0.496 e. The van der Waals surface area contributed by atoms with E-state index in [1.54, 1.807) is 42.5 Å². The molecule has 1 aromatic carbocycles. The van der Waals surface area contributed by atoms with Crippen LogP contribution in [0.1, 0.15) is 29.6 Å². The number of ether oxygens (including phenoxy) is 2. The minimum absolute atomic E-state index is 0.254. The van der Waals surface area contributed by atoms with Crippen LogP contribution in [0.5, 0.6) is 11.6 Å². The number of amides is 3. The lowest BCUT2D eigenvalue weighted by atomic mass is 10.1. The van der Waals surface area contributed by atoms with Gasteiger partial charge in [0, 0.05) is 30.0 Å². The molecule has 2 aliphatic carbocycles. The molecule has 2 aliphatic rings. The molecule has 1 fully saturated rings. The maximum absolute atomic E-state index is 11.9. The van der Waals surface area contributed by atoms with Crippen molar-refractivity contribution in [3.63, 3.8) is 0 Å². The van der Waals surface area contributed by atoms with E-state index in [2.05, 4.69) is 15.6 Å². The summed E-state index contributed by atoms with van der Waals surface area (Å²) in [5, 5.41) is 6.34. The van der Waals surface area contributed by atoms with Gasteiger partial charge in [-0.05, 0) is 43.2 Å². The fourth-order valence-corrected chi connectivity index (χ4v) is 3.30. The average molecular weight is 429 g/mol. The fourth-order valence-electron chi connectivity index (χ4n) is 3.08. The van der Waals surface area contributed by atoms with Gasteiger partial charge in [0.1, 0.15) is 16.5 Å². The number of nitrogens with one attached hydrogen (secondary N) is 2. The highest BCUT2D eigenvalue weighted by molar-refractivity contribution is 6.26. The zero-order valence-electron chi connectivity index (χ0n) is 16.3. The molecule has 0 bridgehead atoms. The highest BCUT2D eigenvalue weighted by Gasteiger charge is 2.30. The van der Waals surface area contributed by atoms with Gasteiger partial charge < -0.3 is 25.8 Å². The van der Waals surface area contributed by atoms with Gasteiger partial charge in [-0.15, -0.1) is 0 Å². The zero-order valence-corrected chi connectivity index (χ0v) is 17.0. The molecule has 0 spiro atoms. The van der Waals surface area contributed by atoms with Gasteiger partial charge in [0.2, 0.25) is 5.88 Å². The number of nitrogens with two attached hydrogens (primary N) is 1. The number of hydrogen-bond acceptors (Lipinski definition) is 5. The molecule has 1 unspecified atom stereocenters. The zero-order chi connectivity index (χ0) is 21.3. The molecule has 9 heteroatoms. The van der Waals surface area contributed by atoms with E-state index in [1.165, 1.54) is 7.11 Å². The maximum atomic E-state index is 11.9. The Bertz CT molecular complexity index is 1080. The molecule has 1 heterocycles. The number of alkyl halides is 1. The minimum atomic E-state index is -0.999. The summed E-state index contributed by atoms with van der Waals surface area (Å²) in [7, 11) is 1.46. The van der Waals surface area contributed by atoms with E-state index >= 15 is 0 Å². The summed E-state index contributed by atoms with van der Waals surface area (Å²) in [4.78, 5) is 27.0. The number of primary amides is 1. The normalized spacial score (nSPS) is 20.4. The molecule has 156 valence electrons. The molecule has 3 amide bonds. The van der Waals surface area contributed by atoms with Crippen molar-refractivity contribution >= 4 is 34.4 Å². The van der Waals surface area contributed by atoms with Crippen molar-refractivity contribution in [2.75, 3.05) is 7.11 Å². The van der Waals surface area contributed by atoms with Crippen LogP contribution in [0.4, 0.5) is 4.79 Å². The Hall–Kier alpha value is -3.26. The number of hydrogen-bond donors (Lipinski definition) is 3. The molecule has 8 nitrogen and oxygen atoms in total. The summed E-state index contributed by atoms with van der Waals surface area (Å²) < 4.78 is 11.1. The van der Waals surface area contributed by atoms with Gasteiger partial charge >= 0.3 is 6.03 Å². The average Bonchev–Trinajstić information content (AvgIpc) is 3.52. The van der Waals surface area contributed by atoms with Crippen LogP contribution >= 0.6 is 11.6 Å². The smallest absolute Gasteiger partial charge is 0.316 e. The Kier molecular flexibility index (Phi) is 5.26. The summed E-state index contributed by atoms with van der Waals surface area (Å²) in [6, 6.07) is 6.72. The first-order valence-corrected chi connectivity index (χ1v) is 9.86. The van der Waals surface area contributed by atoms with Crippen LogP contribution in [0.3, 0.4) is 0 Å². The van der Waals surface area contributed by atoms with E-state index in [0.717, 1.165) is 18.2 Å². The molecule has 30 heavy (non-hydrogen) atoms. The van der Waals surface area contributed by atoms with Crippen molar-refractivity contribution in [3.05, 3.63) is 53.8 Å². The molecule has 0 radical (unpaired) electrons. The fraction of sp³-hybridized carbons (Fsp3) is 0.286. The molecule has 1 saturated carbocycles. The van der Waals surface area contributed by atoms with Crippen LogP contribution in [-0.2, 0) is 0 Å². The number of urea groups is 1. The molecule has 4 rings (SSSR count). The summed E-state index contributed by atoms with van der Waals surface area (Å²) >= 11 is 6.47. The van der Waals surface area contributed by atoms with Crippen molar-refractivity contribution in [3.8, 4) is 11.6 Å². The highest BCUT2D eigenvalue weighted by atomic mass is 35.5. The lowest BCUT2D eigenvalue weighted by molar-refractivity contribution is 0.0997. The molecule has 0 aliphatic heterocycles. The van der Waals surface area contributed by atoms with E-state index in [9.17, 15) is 9.59 Å². The number of aromatic nitrogens is 1. The molecule has 2 aromatic rings. The van der Waals surface area contributed by atoms with Gasteiger partial charge in [-0.25, -0.2) is 9.78 Å². The molecule has 0 saturated heterocycles. The van der Waals surface area contributed by atoms with E-state index < -0.39 is 10.9 Å². The number of benzene rings is 1. The largest absolute Gasteiger partial charge is 0.496 e. The summed E-state index contributed by atoms with van der Waals surface area (Å²) in [5.41, 5.74) is 6.28. The molecular weight excluding hydrogens is 408 g/mol. The number of allylic oxidation sites excluding steroid dienone is 1. The van der Waals surface area contributed by atoms with Crippen molar-refractivity contribution in [2.24, 2.45) is 5.73 Å². The van der Waals surface area contributed by atoms with Gasteiger partial charge in [0.25, 0.3) is 5.91 Å². The number of carbonyl (C=O) groups excluding carboxylic acids is 2. The van der Waals surface area contributed by atoms with Crippen molar-refractivity contribution in [2.45, 2.75) is 30.3 Å². The molecule has 1 atom stereocenters. The van der Waals surface area contributed by atoms with Crippen LogP contribution in [0.15, 0.2) is 48.3 Å². The summed E-state index contributed by atoms with van der Waals surface area (Å²) in [5.74, 6) is 0.700. The molecule has 4 N–H and O–H groups in total. The van der Waals surface area contributed by atoms with Crippen LogP contribution in [-0.4, -0.2) is 35.1 Å². The Morgan fingerprint density at radius 2 is 2.10 bits per heavy atom. The number of methoxy groups -OCH3 is 1. The van der Waals surface area contributed by atoms with Gasteiger partial charge in [0.05, 0.1) is 18.2 Å². The SMILES string of the molecule is COc1cc2nc(OC3=CCC(Cl)(NC(=O)NC4CC4)C=C3)ccc2cc1C(N)=O. The first-order valence-electron chi connectivity index (χ1n) is 9.49. The number of carbonyl (C=O) groups is 2. The number of fused-ring (bicyclic) bond motifs is 1.